The molecule has 1 saturated carbocycles. The molecule has 1 aromatic carbocycles. The molecular weight excluding hydrogens is 384 g/mol. The third-order valence-corrected chi connectivity index (χ3v) is 6.52. The van der Waals surface area contributed by atoms with Crippen LogP contribution in [-0.4, -0.2) is 45.7 Å². The van der Waals surface area contributed by atoms with Crippen molar-refractivity contribution in [3.63, 3.8) is 0 Å². The molecule has 1 amide bonds. The van der Waals surface area contributed by atoms with E-state index in [4.69, 9.17) is 4.74 Å². The van der Waals surface area contributed by atoms with Crippen molar-refractivity contribution in [2.75, 3.05) is 12.4 Å². The Labute approximate surface area is 175 Å². The number of nitrogens with one attached hydrogen (secondary N) is 1. The third kappa shape index (κ3) is 4.29. The maximum atomic E-state index is 12.3. The second kappa shape index (κ2) is 7.78. The monoisotopic (exact) mass is 412 g/mol. The van der Waals surface area contributed by atoms with Crippen LogP contribution in [0, 0.1) is 0 Å². The highest BCUT2D eigenvalue weighted by atomic mass is 32.1. The number of thiophene rings is 1. The number of amides is 1. The predicted molar refractivity (Wildman–Crippen MR) is 119 cm³/mol. The van der Waals surface area contributed by atoms with E-state index in [-0.39, 0.29) is 12.1 Å². The average molecular weight is 413 g/mol. The van der Waals surface area contributed by atoms with Gasteiger partial charge < -0.3 is 15.0 Å². The van der Waals surface area contributed by atoms with Gasteiger partial charge in [0.15, 0.2) is 0 Å². The van der Waals surface area contributed by atoms with E-state index in [1.807, 2.05) is 27.8 Å². The first kappa shape index (κ1) is 19.9. The molecule has 0 saturated heterocycles. The molecule has 7 heteroatoms. The summed E-state index contributed by atoms with van der Waals surface area (Å²) < 4.78 is 6.74. The van der Waals surface area contributed by atoms with Crippen molar-refractivity contribution in [2.24, 2.45) is 0 Å². The van der Waals surface area contributed by atoms with Gasteiger partial charge in [0.25, 0.3) is 0 Å². The number of ether oxygens (including phenoxy) is 1. The van der Waals surface area contributed by atoms with Crippen LogP contribution in [0.2, 0.25) is 0 Å². The van der Waals surface area contributed by atoms with Gasteiger partial charge in [0.05, 0.1) is 5.39 Å². The van der Waals surface area contributed by atoms with Gasteiger partial charge in [-0.05, 0) is 52.5 Å². The molecule has 0 aliphatic heterocycles. The summed E-state index contributed by atoms with van der Waals surface area (Å²) in [7, 11) is 1.85. The summed E-state index contributed by atoms with van der Waals surface area (Å²) in [4.78, 5) is 24.1. The van der Waals surface area contributed by atoms with E-state index in [0.717, 1.165) is 41.7 Å². The van der Waals surface area contributed by atoms with E-state index in [1.165, 1.54) is 10.1 Å². The summed E-state index contributed by atoms with van der Waals surface area (Å²) in [6, 6.07) is 8.94. The van der Waals surface area contributed by atoms with Gasteiger partial charge in [0.2, 0.25) is 0 Å². The normalized spacial score (nSPS) is 20.0. The van der Waals surface area contributed by atoms with Gasteiger partial charge in [0, 0.05) is 29.2 Å². The molecule has 0 bridgehead atoms. The van der Waals surface area contributed by atoms with Crippen molar-refractivity contribution in [1.29, 1.82) is 0 Å². The minimum absolute atomic E-state index is 0.218. The molecule has 0 unspecified atom stereocenters. The topological polar surface area (TPSA) is 67.3 Å². The summed E-state index contributed by atoms with van der Waals surface area (Å²) in [5.74, 6) is 0.913. The Morgan fingerprint density at radius 2 is 1.90 bits per heavy atom. The van der Waals surface area contributed by atoms with Crippen LogP contribution in [0.1, 0.15) is 46.5 Å². The Morgan fingerprint density at radius 1 is 1.17 bits per heavy atom. The zero-order valence-electron chi connectivity index (χ0n) is 17.4. The van der Waals surface area contributed by atoms with Crippen LogP contribution in [0.5, 0.6) is 0 Å². The van der Waals surface area contributed by atoms with Crippen LogP contribution >= 0.6 is 11.3 Å². The molecule has 1 aliphatic carbocycles. The van der Waals surface area contributed by atoms with Crippen molar-refractivity contribution < 1.29 is 9.53 Å². The van der Waals surface area contributed by atoms with E-state index in [2.05, 4.69) is 39.6 Å². The molecule has 2 aromatic heterocycles. The Balaban J connectivity index is 1.43. The number of hydrogen-bond acceptors (Lipinski definition) is 6. The highest BCUT2D eigenvalue weighted by Gasteiger charge is 2.29. The third-order valence-electron chi connectivity index (χ3n) is 5.44. The standard InChI is InChI=1S/C22H28N4O2S/c1-22(2,3)28-21(27)26(4)15-11-9-14(10-12-15)25-19-18-16-7-5-6-8-17(16)29-20(18)24-13-23-19/h5-8,13-15H,9-12H2,1-4H3,(H,23,24,25). The number of nitrogens with zero attached hydrogens (tertiary/aromatic N) is 3. The van der Waals surface area contributed by atoms with Crippen molar-refractivity contribution in [3.05, 3.63) is 30.6 Å². The van der Waals surface area contributed by atoms with Gasteiger partial charge in [-0.3, -0.25) is 0 Å². The number of fused-ring (bicyclic) bond motifs is 3. The van der Waals surface area contributed by atoms with E-state index in [1.54, 1.807) is 22.6 Å². The first-order valence-corrected chi connectivity index (χ1v) is 11.0. The maximum absolute atomic E-state index is 12.3. The van der Waals surface area contributed by atoms with Gasteiger partial charge >= 0.3 is 6.09 Å². The van der Waals surface area contributed by atoms with Crippen LogP contribution in [0.25, 0.3) is 20.3 Å². The lowest BCUT2D eigenvalue weighted by Gasteiger charge is -2.36. The van der Waals surface area contributed by atoms with Gasteiger partial charge in [-0.15, -0.1) is 11.3 Å². The number of rotatable bonds is 3. The quantitative estimate of drug-likeness (QED) is 0.621. The van der Waals surface area contributed by atoms with Crippen molar-refractivity contribution in [2.45, 2.75) is 64.1 Å². The zero-order chi connectivity index (χ0) is 20.6. The number of anilines is 1. The lowest BCUT2D eigenvalue weighted by Crippen LogP contribution is -2.43. The zero-order valence-corrected chi connectivity index (χ0v) is 18.3. The van der Waals surface area contributed by atoms with Gasteiger partial charge in [-0.1, -0.05) is 18.2 Å². The Hall–Kier alpha value is -2.41. The second-order valence-corrected chi connectivity index (χ2v) is 9.77. The Kier molecular flexibility index (Phi) is 5.34. The summed E-state index contributed by atoms with van der Waals surface area (Å²) in [6.45, 7) is 5.70. The molecule has 1 fully saturated rings. The molecule has 154 valence electrons. The Morgan fingerprint density at radius 3 is 2.62 bits per heavy atom. The van der Waals surface area contributed by atoms with Crippen LogP contribution in [0.15, 0.2) is 30.6 Å². The molecule has 3 aromatic rings. The first-order valence-electron chi connectivity index (χ1n) is 10.2. The highest BCUT2D eigenvalue weighted by Crippen LogP contribution is 2.36. The Bertz CT molecular complexity index is 1020. The van der Waals surface area contributed by atoms with E-state index >= 15 is 0 Å². The van der Waals surface area contributed by atoms with Crippen LogP contribution in [0.3, 0.4) is 0 Å². The molecular formula is C22H28N4O2S. The minimum Gasteiger partial charge on any atom is -0.444 e. The van der Waals surface area contributed by atoms with Crippen molar-refractivity contribution in [3.8, 4) is 0 Å². The molecule has 6 nitrogen and oxygen atoms in total. The highest BCUT2D eigenvalue weighted by molar-refractivity contribution is 7.25. The van der Waals surface area contributed by atoms with Crippen LogP contribution in [0.4, 0.5) is 10.6 Å². The molecule has 4 rings (SSSR count). The van der Waals surface area contributed by atoms with E-state index < -0.39 is 5.60 Å². The number of hydrogen-bond donors (Lipinski definition) is 1. The minimum atomic E-state index is -0.466. The fraction of sp³-hybridized carbons (Fsp3) is 0.500. The van der Waals surface area contributed by atoms with Gasteiger partial charge in [-0.2, -0.15) is 0 Å². The predicted octanol–water partition coefficient (Wildman–Crippen LogP) is 5.43. The van der Waals surface area contributed by atoms with Crippen LogP contribution < -0.4 is 5.32 Å². The summed E-state index contributed by atoms with van der Waals surface area (Å²) >= 11 is 1.70. The smallest absolute Gasteiger partial charge is 0.410 e. The lowest BCUT2D eigenvalue weighted by atomic mass is 9.90. The maximum Gasteiger partial charge on any atom is 0.410 e. The number of aromatic nitrogens is 2. The molecule has 0 atom stereocenters. The SMILES string of the molecule is CN(C(=O)OC(C)(C)C)C1CCC(Nc2ncnc3sc4ccccc4c23)CC1. The van der Waals surface area contributed by atoms with E-state index in [9.17, 15) is 4.79 Å². The molecule has 0 radical (unpaired) electrons. The van der Waals surface area contributed by atoms with Gasteiger partial charge in [-0.25, -0.2) is 14.8 Å². The van der Waals surface area contributed by atoms with Crippen LogP contribution in [-0.2, 0) is 4.74 Å². The molecule has 29 heavy (non-hydrogen) atoms. The van der Waals surface area contributed by atoms with Gasteiger partial charge in [0.1, 0.15) is 22.6 Å². The van der Waals surface area contributed by atoms with E-state index in [0.29, 0.717) is 6.04 Å². The molecule has 0 spiro atoms. The summed E-state index contributed by atoms with van der Waals surface area (Å²) in [5.41, 5.74) is -0.466. The molecule has 1 aliphatic rings. The number of benzene rings is 1. The fourth-order valence-corrected chi connectivity index (χ4v) is 4.99. The van der Waals surface area contributed by atoms with Crippen molar-refractivity contribution in [1.82, 2.24) is 14.9 Å². The summed E-state index contributed by atoms with van der Waals surface area (Å²) in [5, 5.41) is 5.96. The molecule has 1 N–H and O–H groups in total. The summed E-state index contributed by atoms with van der Waals surface area (Å²) in [6.07, 6.45) is 5.28. The number of carbonyl (C=O) groups excluding carboxylic acids is 1. The fourth-order valence-electron chi connectivity index (χ4n) is 3.95. The largest absolute Gasteiger partial charge is 0.444 e. The number of carbonyl (C=O) groups is 1. The first-order chi connectivity index (χ1) is 13.8. The lowest BCUT2D eigenvalue weighted by molar-refractivity contribution is 0.0185. The average Bonchev–Trinajstić information content (AvgIpc) is 3.06. The second-order valence-electron chi connectivity index (χ2n) is 8.74. The van der Waals surface area contributed by atoms with Crippen molar-refractivity contribution >= 4 is 43.6 Å². The molecule has 2 heterocycles.